The topological polar surface area (TPSA) is 46.0 Å². The van der Waals surface area contributed by atoms with E-state index in [0.29, 0.717) is 12.0 Å². The van der Waals surface area contributed by atoms with Gasteiger partial charge >= 0.3 is 6.18 Å². The first-order valence-electron chi connectivity index (χ1n) is 5.60. The van der Waals surface area contributed by atoms with Gasteiger partial charge in [0.15, 0.2) is 5.82 Å². The van der Waals surface area contributed by atoms with E-state index in [1.165, 1.54) is 0 Å². The minimum absolute atomic E-state index is 0.0112. The van der Waals surface area contributed by atoms with Gasteiger partial charge in [0, 0.05) is 24.6 Å². The average Bonchev–Trinajstić information content (AvgIpc) is 2.39. The van der Waals surface area contributed by atoms with Crippen LogP contribution in [0.5, 0.6) is 0 Å². The van der Waals surface area contributed by atoms with Gasteiger partial charge in [-0.05, 0) is 18.1 Å². The van der Waals surface area contributed by atoms with E-state index in [0.717, 1.165) is 18.0 Å². The lowest BCUT2D eigenvalue weighted by Crippen LogP contribution is -2.06. The van der Waals surface area contributed by atoms with Crippen LogP contribution in [-0.4, -0.2) is 21.7 Å². The third-order valence-electron chi connectivity index (χ3n) is 2.56. The van der Waals surface area contributed by atoms with Crippen molar-refractivity contribution in [3.05, 3.63) is 47.8 Å². The van der Waals surface area contributed by atoms with E-state index >= 15 is 0 Å². The number of aliphatic hydroxyl groups excluding tert-OH is 1. The van der Waals surface area contributed by atoms with Crippen LogP contribution in [0.4, 0.5) is 13.2 Å². The van der Waals surface area contributed by atoms with Crippen LogP contribution in [0.25, 0.3) is 11.4 Å². The number of aromatic nitrogens is 2. The van der Waals surface area contributed by atoms with Crippen LogP contribution in [0.3, 0.4) is 0 Å². The maximum absolute atomic E-state index is 12.4. The number of benzene rings is 1. The average molecular weight is 268 g/mol. The monoisotopic (exact) mass is 268 g/mol. The summed E-state index contributed by atoms with van der Waals surface area (Å²) >= 11 is 0. The highest BCUT2D eigenvalue weighted by molar-refractivity contribution is 5.55. The van der Waals surface area contributed by atoms with Crippen LogP contribution in [0.15, 0.2) is 36.7 Å². The maximum atomic E-state index is 12.4. The number of rotatable bonds is 3. The molecule has 1 heterocycles. The predicted molar refractivity (Wildman–Crippen MR) is 63.3 cm³/mol. The Hall–Kier alpha value is -1.95. The summed E-state index contributed by atoms with van der Waals surface area (Å²) in [4.78, 5) is 7.45. The molecule has 0 amide bonds. The Labute approximate surface area is 107 Å². The van der Waals surface area contributed by atoms with Crippen LogP contribution in [-0.2, 0) is 12.6 Å². The highest BCUT2D eigenvalue weighted by Crippen LogP contribution is 2.28. The van der Waals surface area contributed by atoms with Crippen LogP contribution in [0.2, 0.25) is 0 Å². The molecule has 0 aliphatic carbocycles. The van der Waals surface area contributed by atoms with E-state index in [-0.39, 0.29) is 12.4 Å². The largest absolute Gasteiger partial charge is 0.419 e. The van der Waals surface area contributed by atoms with E-state index in [1.807, 2.05) is 6.07 Å². The smallest absolute Gasteiger partial charge is 0.396 e. The van der Waals surface area contributed by atoms with Crippen molar-refractivity contribution >= 4 is 0 Å². The van der Waals surface area contributed by atoms with Gasteiger partial charge in [0.2, 0.25) is 0 Å². The summed E-state index contributed by atoms with van der Waals surface area (Å²) in [5, 5.41) is 8.85. The fourth-order valence-electron chi connectivity index (χ4n) is 1.62. The zero-order chi connectivity index (χ0) is 13.9. The maximum Gasteiger partial charge on any atom is 0.419 e. The van der Waals surface area contributed by atoms with Crippen molar-refractivity contribution in [1.29, 1.82) is 0 Å². The van der Waals surface area contributed by atoms with Crippen molar-refractivity contribution < 1.29 is 18.3 Å². The zero-order valence-electron chi connectivity index (χ0n) is 9.85. The lowest BCUT2D eigenvalue weighted by molar-refractivity contribution is -0.138. The molecular formula is C13H11F3N2O. The summed E-state index contributed by atoms with van der Waals surface area (Å²) in [5.41, 5.74) is 0.630. The molecule has 0 fully saturated rings. The minimum atomic E-state index is -4.43. The highest BCUT2D eigenvalue weighted by Gasteiger charge is 2.31. The summed E-state index contributed by atoms with van der Waals surface area (Å²) in [6.45, 7) is 0.0112. The molecule has 2 rings (SSSR count). The number of hydrogen-bond acceptors (Lipinski definition) is 3. The number of hydrogen-bond donors (Lipinski definition) is 1. The van der Waals surface area contributed by atoms with Gasteiger partial charge in [0.25, 0.3) is 0 Å². The molecular weight excluding hydrogens is 257 g/mol. The highest BCUT2D eigenvalue weighted by atomic mass is 19.4. The molecule has 2 aromatic rings. The number of nitrogens with zero attached hydrogens (tertiary/aromatic N) is 2. The molecule has 3 nitrogen and oxygen atoms in total. The third-order valence-corrected chi connectivity index (χ3v) is 2.56. The fraction of sp³-hybridized carbons (Fsp3) is 0.231. The molecule has 1 N–H and O–H groups in total. The van der Waals surface area contributed by atoms with Gasteiger partial charge in [-0.25, -0.2) is 9.97 Å². The van der Waals surface area contributed by atoms with E-state index in [1.54, 1.807) is 18.2 Å². The first-order valence-corrected chi connectivity index (χ1v) is 5.60. The Morgan fingerprint density at radius 2 is 1.79 bits per heavy atom. The quantitative estimate of drug-likeness (QED) is 0.931. The van der Waals surface area contributed by atoms with Crippen molar-refractivity contribution in [3.8, 4) is 11.4 Å². The molecule has 0 spiro atoms. The van der Waals surface area contributed by atoms with Gasteiger partial charge in [-0.2, -0.15) is 13.2 Å². The molecule has 0 saturated carbocycles. The van der Waals surface area contributed by atoms with E-state index in [2.05, 4.69) is 9.97 Å². The number of halogens is 3. The molecule has 1 aromatic heterocycles. The number of alkyl halides is 3. The molecule has 1 aromatic carbocycles. The van der Waals surface area contributed by atoms with E-state index in [9.17, 15) is 13.2 Å². The molecule has 19 heavy (non-hydrogen) atoms. The Morgan fingerprint density at radius 1 is 1.11 bits per heavy atom. The van der Waals surface area contributed by atoms with Crippen molar-refractivity contribution in [2.45, 2.75) is 12.6 Å². The summed E-state index contributed by atoms with van der Waals surface area (Å²) in [5.74, 6) is 0.229. The van der Waals surface area contributed by atoms with Crippen molar-refractivity contribution in [1.82, 2.24) is 9.97 Å². The van der Waals surface area contributed by atoms with Gasteiger partial charge < -0.3 is 5.11 Å². The zero-order valence-corrected chi connectivity index (χ0v) is 9.85. The molecule has 6 heteroatoms. The second-order valence-corrected chi connectivity index (χ2v) is 3.97. The Bertz CT molecular complexity index is 553. The van der Waals surface area contributed by atoms with Crippen LogP contribution in [0.1, 0.15) is 11.1 Å². The predicted octanol–water partition coefficient (Wildman–Crippen LogP) is 2.70. The normalized spacial score (nSPS) is 11.6. The molecule has 0 atom stereocenters. The molecule has 0 radical (unpaired) electrons. The van der Waals surface area contributed by atoms with Crippen molar-refractivity contribution in [3.63, 3.8) is 0 Å². The van der Waals surface area contributed by atoms with Gasteiger partial charge in [-0.3, -0.25) is 0 Å². The third kappa shape index (κ3) is 3.29. The summed E-state index contributed by atoms with van der Waals surface area (Å²) in [6, 6.07) is 7.04. The second kappa shape index (κ2) is 5.36. The summed E-state index contributed by atoms with van der Waals surface area (Å²) in [7, 11) is 0. The van der Waals surface area contributed by atoms with Crippen LogP contribution < -0.4 is 0 Å². The van der Waals surface area contributed by atoms with Gasteiger partial charge in [-0.15, -0.1) is 0 Å². The first-order chi connectivity index (χ1) is 9.00. The fourth-order valence-corrected chi connectivity index (χ4v) is 1.62. The molecule has 0 aliphatic heterocycles. The second-order valence-electron chi connectivity index (χ2n) is 3.97. The Kier molecular flexibility index (Phi) is 3.80. The Morgan fingerprint density at radius 3 is 2.37 bits per heavy atom. The minimum Gasteiger partial charge on any atom is -0.396 e. The van der Waals surface area contributed by atoms with E-state index < -0.39 is 11.7 Å². The SMILES string of the molecule is OCCc1cccc(-c2ncc(C(F)(F)F)cn2)c1. The van der Waals surface area contributed by atoms with E-state index in [4.69, 9.17) is 5.11 Å². The Balaban J connectivity index is 2.29. The molecule has 100 valence electrons. The first kappa shape index (κ1) is 13.5. The van der Waals surface area contributed by atoms with Crippen LogP contribution in [0, 0.1) is 0 Å². The van der Waals surface area contributed by atoms with Gasteiger partial charge in [0.05, 0.1) is 5.56 Å². The standard InChI is InChI=1S/C13H11F3N2O/c14-13(15,16)11-7-17-12(18-8-11)10-3-1-2-9(6-10)4-5-19/h1-3,6-8,19H,4-5H2. The molecule has 0 saturated heterocycles. The van der Waals surface area contributed by atoms with Crippen LogP contribution >= 0.6 is 0 Å². The van der Waals surface area contributed by atoms with Crippen molar-refractivity contribution in [2.24, 2.45) is 0 Å². The molecule has 0 unspecified atom stereocenters. The van der Waals surface area contributed by atoms with Gasteiger partial charge in [0.1, 0.15) is 0 Å². The lowest BCUT2D eigenvalue weighted by Gasteiger charge is -2.07. The van der Waals surface area contributed by atoms with Crippen molar-refractivity contribution in [2.75, 3.05) is 6.61 Å². The summed E-state index contributed by atoms with van der Waals surface area (Å²) < 4.78 is 37.1. The summed E-state index contributed by atoms with van der Waals surface area (Å²) in [6.07, 6.45) is -2.42. The molecule has 0 aliphatic rings. The lowest BCUT2D eigenvalue weighted by atomic mass is 10.1. The molecule has 0 bridgehead atoms. The van der Waals surface area contributed by atoms with Gasteiger partial charge in [-0.1, -0.05) is 18.2 Å². The number of aliphatic hydroxyl groups is 1.